The molecule has 1 aromatic carbocycles. The molecule has 0 amide bonds. The van der Waals surface area contributed by atoms with Crippen LogP contribution in [0.4, 0.5) is 0 Å². The third kappa shape index (κ3) is 1.26. The standard InChI is InChI=1S/C19H23N2O/c1-10-11(2)13(4)16-15(12(10)3)20(7)18-17-14(8-9-22-17)19(5,6)21(16)18/h8-9H,1-7H3/q+1. The Bertz CT molecular complexity index is 954. The summed E-state index contributed by atoms with van der Waals surface area (Å²) in [5, 5.41) is 0. The van der Waals surface area contributed by atoms with Crippen molar-refractivity contribution in [2.45, 2.75) is 47.1 Å². The molecule has 114 valence electrons. The van der Waals surface area contributed by atoms with Gasteiger partial charge in [0, 0.05) is 11.1 Å². The van der Waals surface area contributed by atoms with Crippen LogP contribution in [0.5, 0.6) is 0 Å². The predicted molar refractivity (Wildman–Crippen MR) is 88.2 cm³/mol. The molecule has 3 nitrogen and oxygen atoms in total. The van der Waals surface area contributed by atoms with Crippen LogP contribution in [0.3, 0.4) is 0 Å². The molecule has 3 heterocycles. The summed E-state index contributed by atoms with van der Waals surface area (Å²) in [7, 11) is 2.16. The third-order valence-corrected chi connectivity index (χ3v) is 5.80. The van der Waals surface area contributed by atoms with E-state index >= 15 is 0 Å². The first kappa shape index (κ1) is 13.6. The summed E-state index contributed by atoms with van der Waals surface area (Å²) in [6.07, 6.45) is 1.81. The Morgan fingerprint density at radius 3 is 2.32 bits per heavy atom. The molecular weight excluding hydrogens is 272 g/mol. The lowest BCUT2D eigenvalue weighted by molar-refractivity contribution is -0.634. The number of imidazole rings is 1. The Morgan fingerprint density at radius 1 is 1.00 bits per heavy atom. The van der Waals surface area contributed by atoms with Crippen LogP contribution in [0.25, 0.3) is 22.6 Å². The highest BCUT2D eigenvalue weighted by Crippen LogP contribution is 2.46. The zero-order valence-electron chi connectivity index (χ0n) is 14.5. The van der Waals surface area contributed by atoms with Crippen LogP contribution in [-0.4, -0.2) is 4.57 Å². The van der Waals surface area contributed by atoms with Gasteiger partial charge in [-0.15, -0.1) is 0 Å². The summed E-state index contributed by atoms with van der Waals surface area (Å²) >= 11 is 0. The molecule has 0 N–H and O–H groups in total. The highest BCUT2D eigenvalue weighted by Gasteiger charge is 2.49. The van der Waals surface area contributed by atoms with E-state index in [1.807, 2.05) is 6.26 Å². The smallest absolute Gasteiger partial charge is 0.327 e. The maximum Gasteiger partial charge on any atom is 0.327 e. The van der Waals surface area contributed by atoms with Gasteiger partial charge in [-0.1, -0.05) is 0 Å². The average molecular weight is 295 g/mol. The molecule has 0 unspecified atom stereocenters. The van der Waals surface area contributed by atoms with Crippen molar-refractivity contribution in [1.29, 1.82) is 0 Å². The van der Waals surface area contributed by atoms with Crippen LogP contribution in [0.15, 0.2) is 16.7 Å². The first-order valence-electron chi connectivity index (χ1n) is 7.88. The minimum Gasteiger partial charge on any atom is -0.456 e. The lowest BCUT2D eigenvalue weighted by atomic mass is 9.94. The van der Waals surface area contributed by atoms with E-state index in [0.717, 1.165) is 5.76 Å². The molecule has 1 aliphatic rings. The van der Waals surface area contributed by atoms with Gasteiger partial charge in [0.1, 0.15) is 5.54 Å². The quantitative estimate of drug-likeness (QED) is 0.573. The van der Waals surface area contributed by atoms with Crippen molar-refractivity contribution in [2.24, 2.45) is 7.05 Å². The Labute approximate surface area is 131 Å². The SMILES string of the molecule is Cc1c(C)c(C)c2c(c1C)n1c([n+]2C)-c2occc2C1(C)C. The summed E-state index contributed by atoms with van der Waals surface area (Å²) in [4.78, 5) is 0. The van der Waals surface area contributed by atoms with E-state index < -0.39 is 0 Å². The number of rotatable bonds is 0. The summed E-state index contributed by atoms with van der Waals surface area (Å²) in [6, 6.07) is 2.11. The Balaban J connectivity index is 2.32. The van der Waals surface area contributed by atoms with Gasteiger partial charge in [0.05, 0.1) is 18.9 Å². The predicted octanol–water partition coefficient (Wildman–Crippen LogP) is 4.06. The van der Waals surface area contributed by atoms with Gasteiger partial charge < -0.3 is 4.42 Å². The molecular formula is C19H23N2O+. The van der Waals surface area contributed by atoms with Crippen LogP contribution < -0.4 is 4.57 Å². The Hall–Kier alpha value is -2.03. The largest absolute Gasteiger partial charge is 0.456 e. The van der Waals surface area contributed by atoms with Crippen molar-refractivity contribution >= 4 is 11.0 Å². The van der Waals surface area contributed by atoms with Crippen LogP contribution in [0, 0.1) is 27.7 Å². The lowest BCUT2D eigenvalue weighted by Gasteiger charge is -2.18. The van der Waals surface area contributed by atoms with E-state index in [1.54, 1.807) is 0 Å². The zero-order chi connectivity index (χ0) is 16.0. The monoisotopic (exact) mass is 295 g/mol. The van der Waals surface area contributed by atoms with Gasteiger partial charge in [0.25, 0.3) is 0 Å². The van der Waals surface area contributed by atoms with Crippen molar-refractivity contribution in [3.63, 3.8) is 0 Å². The second kappa shape index (κ2) is 3.83. The fourth-order valence-corrected chi connectivity index (χ4v) is 4.20. The Morgan fingerprint density at radius 2 is 1.64 bits per heavy atom. The molecule has 2 aromatic heterocycles. The van der Waals surface area contributed by atoms with Crippen molar-refractivity contribution in [3.05, 3.63) is 40.1 Å². The second-order valence-electron chi connectivity index (χ2n) is 7.14. The molecule has 3 heteroatoms. The van der Waals surface area contributed by atoms with Crippen LogP contribution in [-0.2, 0) is 12.6 Å². The molecule has 22 heavy (non-hydrogen) atoms. The molecule has 0 aliphatic carbocycles. The van der Waals surface area contributed by atoms with Crippen molar-refractivity contribution in [3.8, 4) is 11.6 Å². The molecule has 0 atom stereocenters. The highest BCUT2D eigenvalue weighted by molar-refractivity contribution is 5.86. The summed E-state index contributed by atoms with van der Waals surface area (Å²) in [5.41, 5.74) is 9.38. The van der Waals surface area contributed by atoms with Gasteiger partial charge in [-0.05, 0) is 58.7 Å². The topological polar surface area (TPSA) is 21.9 Å². The van der Waals surface area contributed by atoms with Crippen molar-refractivity contribution in [2.75, 3.05) is 0 Å². The van der Waals surface area contributed by atoms with Crippen LogP contribution >= 0.6 is 0 Å². The van der Waals surface area contributed by atoms with Crippen LogP contribution in [0.1, 0.15) is 41.7 Å². The zero-order valence-corrected chi connectivity index (χ0v) is 14.5. The van der Waals surface area contributed by atoms with Gasteiger partial charge >= 0.3 is 5.82 Å². The fraction of sp³-hybridized carbons (Fsp3) is 0.421. The van der Waals surface area contributed by atoms with E-state index in [0.29, 0.717) is 0 Å². The lowest BCUT2D eigenvalue weighted by Crippen LogP contribution is -2.30. The number of fused-ring (bicyclic) bond motifs is 5. The molecule has 0 spiro atoms. The van der Waals surface area contributed by atoms with Crippen LogP contribution in [0.2, 0.25) is 0 Å². The third-order valence-electron chi connectivity index (χ3n) is 5.80. The van der Waals surface area contributed by atoms with E-state index in [1.165, 1.54) is 44.7 Å². The first-order valence-corrected chi connectivity index (χ1v) is 7.88. The minimum atomic E-state index is -0.0872. The maximum absolute atomic E-state index is 5.85. The number of furan rings is 1. The van der Waals surface area contributed by atoms with Gasteiger partial charge in [0.2, 0.25) is 5.76 Å². The number of aryl methyl sites for hydroxylation is 3. The highest BCUT2D eigenvalue weighted by atomic mass is 16.3. The van der Waals surface area contributed by atoms with Gasteiger partial charge in [-0.3, -0.25) is 0 Å². The van der Waals surface area contributed by atoms with Gasteiger partial charge in [-0.2, -0.15) is 0 Å². The van der Waals surface area contributed by atoms with E-state index in [-0.39, 0.29) is 5.54 Å². The molecule has 1 aliphatic heterocycles. The number of nitrogens with zero attached hydrogens (tertiary/aromatic N) is 2. The first-order chi connectivity index (χ1) is 10.3. The molecule has 0 saturated heterocycles. The fourth-order valence-electron chi connectivity index (χ4n) is 4.20. The average Bonchev–Trinajstić information content (AvgIpc) is 3.09. The normalized spacial score (nSPS) is 15.4. The molecule has 0 fully saturated rings. The molecule has 0 saturated carbocycles. The molecule has 0 bridgehead atoms. The number of aromatic nitrogens is 2. The summed E-state index contributed by atoms with van der Waals surface area (Å²) in [5.74, 6) is 2.19. The van der Waals surface area contributed by atoms with Gasteiger partial charge in [-0.25, -0.2) is 9.13 Å². The van der Waals surface area contributed by atoms with Gasteiger partial charge in [0.15, 0.2) is 11.0 Å². The number of hydrogen-bond acceptors (Lipinski definition) is 1. The molecule has 3 aromatic rings. The van der Waals surface area contributed by atoms with E-state index in [2.05, 4.69) is 63.8 Å². The minimum absolute atomic E-state index is 0.0872. The molecule has 0 radical (unpaired) electrons. The van der Waals surface area contributed by atoms with E-state index in [4.69, 9.17) is 4.42 Å². The van der Waals surface area contributed by atoms with Crippen molar-refractivity contribution < 1.29 is 8.98 Å². The Kier molecular flexibility index (Phi) is 2.37. The number of hydrogen-bond donors (Lipinski definition) is 0. The van der Waals surface area contributed by atoms with Crippen molar-refractivity contribution in [1.82, 2.24) is 4.57 Å². The van der Waals surface area contributed by atoms with E-state index in [9.17, 15) is 0 Å². The molecule has 4 rings (SSSR count). The maximum atomic E-state index is 5.85. The second-order valence-corrected chi connectivity index (χ2v) is 7.14. The summed E-state index contributed by atoms with van der Waals surface area (Å²) in [6.45, 7) is 13.5. The summed E-state index contributed by atoms with van der Waals surface area (Å²) < 4.78 is 10.6. The number of benzene rings is 1.